The first-order valence-corrected chi connectivity index (χ1v) is 7.34. The van der Waals surface area contributed by atoms with Crippen molar-refractivity contribution >= 4 is 23.0 Å². The number of aromatic nitrogens is 2. The molecule has 108 valence electrons. The van der Waals surface area contributed by atoms with Gasteiger partial charge in [-0.2, -0.15) is 0 Å². The molecular weight excluding hydrogens is 272 g/mol. The molecule has 20 heavy (non-hydrogen) atoms. The van der Waals surface area contributed by atoms with Crippen LogP contribution in [0.1, 0.15) is 16.7 Å². The van der Waals surface area contributed by atoms with Gasteiger partial charge in [-0.15, -0.1) is 11.3 Å². The predicted molar refractivity (Wildman–Crippen MR) is 84.0 cm³/mol. The number of nitrogens with one attached hydrogen (secondary N) is 2. The molecule has 0 fully saturated rings. The first-order chi connectivity index (χ1) is 9.63. The Morgan fingerprint density at radius 2 is 2.05 bits per heavy atom. The Morgan fingerprint density at radius 1 is 1.30 bits per heavy atom. The second-order valence-corrected chi connectivity index (χ2v) is 5.99. The lowest BCUT2D eigenvalue weighted by molar-refractivity contribution is 0.414. The van der Waals surface area contributed by atoms with E-state index in [9.17, 15) is 0 Å². The van der Waals surface area contributed by atoms with Crippen LogP contribution in [0.15, 0.2) is 18.5 Å². The number of rotatable bonds is 6. The lowest BCUT2D eigenvalue weighted by Gasteiger charge is -2.17. The number of thiophene rings is 1. The van der Waals surface area contributed by atoms with Crippen molar-refractivity contribution in [1.29, 1.82) is 0 Å². The number of hydrogen-bond acceptors (Lipinski definition) is 6. The van der Waals surface area contributed by atoms with E-state index in [1.54, 1.807) is 7.11 Å². The normalized spacial score (nSPS) is 12.0. The second kappa shape index (κ2) is 6.56. The van der Waals surface area contributed by atoms with Crippen LogP contribution in [0.3, 0.4) is 0 Å². The zero-order valence-corrected chi connectivity index (χ0v) is 13.0. The van der Waals surface area contributed by atoms with Crippen LogP contribution in [-0.2, 0) is 6.42 Å². The molecule has 0 aliphatic carbocycles. The standard InChI is InChI=1S/C14H20N4OS/c1-9(7-11-6-5-10(2)20-11)18-14-12(19-4)13(15-3)16-8-17-14/h5-6,8-9H,7H2,1-4H3,(H2,15,16,17,18). The highest BCUT2D eigenvalue weighted by Crippen LogP contribution is 2.29. The number of aryl methyl sites for hydroxylation is 1. The Bertz CT molecular complexity index is 570. The van der Waals surface area contributed by atoms with Crippen LogP contribution >= 0.6 is 11.3 Å². The number of methoxy groups -OCH3 is 1. The summed E-state index contributed by atoms with van der Waals surface area (Å²) in [6.45, 7) is 4.26. The van der Waals surface area contributed by atoms with Crippen molar-refractivity contribution in [2.75, 3.05) is 24.8 Å². The SMILES string of the molecule is CNc1ncnc(NC(C)Cc2ccc(C)s2)c1OC. The molecule has 0 saturated heterocycles. The maximum absolute atomic E-state index is 5.38. The summed E-state index contributed by atoms with van der Waals surface area (Å²) >= 11 is 1.83. The van der Waals surface area contributed by atoms with Crippen LogP contribution in [0, 0.1) is 6.92 Å². The Balaban J connectivity index is 2.09. The first-order valence-electron chi connectivity index (χ1n) is 6.52. The van der Waals surface area contributed by atoms with Gasteiger partial charge in [0, 0.05) is 29.3 Å². The topological polar surface area (TPSA) is 59.1 Å². The van der Waals surface area contributed by atoms with Gasteiger partial charge in [0.2, 0.25) is 5.75 Å². The van der Waals surface area contributed by atoms with Gasteiger partial charge < -0.3 is 15.4 Å². The summed E-state index contributed by atoms with van der Waals surface area (Å²) in [5, 5.41) is 6.38. The summed E-state index contributed by atoms with van der Waals surface area (Å²) in [6.07, 6.45) is 2.49. The lowest BCUT2D eigenvalue weighted by atomic mass is 10.2. The summed E-state index contributed by atoms with van der Waals surface area (Å²) in [4.78, 5) is 11.1. The van der Waals surface area contributed by atoms with Gasteiger partial charge in [-0.3, -0.25) is 0 Å². The van der Waals surface area contributed by atoms with Crippen molar-refractivity contribution in [1.82, 2.24) is 9.97 Å². The van der Waals surface area contributed by atoms with E-state index in [0.717, 1.165) is 6.42 Å². The lowest BCUT2D eigenvalue weighted by Crippen LogP contribution is -2.19. The summed E-state index contributed by atoms with van der Waals surface area (Å²) in [6, 6.07) is 4.59. The van der Waals surface area contributed by atoms with E-state index in [-0.39, 0.29) is 6.04 Å². The summed E-state index contributed by atoms with van der Waals surface area (Å²) < 4.78 is 5.38. The van der Waals surface area contributed by atoms with Crippen LogP contribution in [0.5, 0.6) is 5.75 Å². The molecule has 2 rings (SSSR count). The molecule has 0 aliphatic rings. The van der Waals surface area contributed by atoms with Gasteiger partial charge in [0.15, 0.2) is 11.6 Å². The average Bonchev–Trinajstić information content (AvgIpc) is 2.83. The molecule has 0 saturated carbocycles. The maximum atomic E-state index is 5.38. The largest absolute Gasteiger partial charge is 0.490 e. The minimum Gasteiger partial charge on any atom is -0.490 e. The van der Waals surface area contributed by atoms with E-state index < -0.39 is 0 Å². The average molecular weight is 292 g/mol. The third-order valence-electron chi connectivity index (χ3n) is 2.93. The molecule has 2 heterocycles. The first kappa shape index (κ1) is 14.6. The van der Waals surface area contributed by atoms with Gasteiger partial charge in [0.05, 0.1) is 7.11 Å². The molecule has 2 aromatic rings. The molecule has 2 aromatic heterocycles. The fourth-order valence-corrected chi connectivity index (χ4v) is 3.05. The van der Waals surface area contributed by atoms with E-state index in [1.165, 1.54) is 16.1 Å². The predicted octanol–water partition coefficient (Wildman–Crippen LogP) is 2.94. The zero-order valence-electron chi connectivity index (χ0n) is 12.2. The van der Waals surface area contributed by atoms with Gasteiger partial charge in [0.25, 0.3) is 0 Å². The Kier molecular flexibility index (Phi) is 4.79. The van der Waals surface area contributed by atoms with Crippen molar-refractivity contribution in [2.24, 2.45) is 0 Å². The minimum atomic E-state index is 0.265. The number of ether oxygens (including phenoxy) is 1. The van der Waals surface area contributed by atoms with Crippen LogP contribution in [0.2, 0.25) is 0 Å². The van der Waals surface area contributed by atoms with Crippen LogP contribution < -0.4 is 15.4 Å². The number of nitrogens with zero attached hydrogens (tertiary/aromatic N) is 2. The monoisotopic (exact) mass is 292 g/mol. The van der Waals surface area contributed by atoms with Crippen molar-refractivity contribution < 1.29 is 4.74 Å². The highest BCUT2D eigenvalue weighted by Gasteiger charge is 2.13. The molecule has 0 bridgehead atoms. The van der Waals surface area contributed by atoms with Gasteiger partial charge >= 0.3 is 0 Å². The minimum absolute atomic E-state index is 0.265. The molecule has 0 aromatic carbocycles. The molecule has 0 amide bonds. The Labute approximate surface area is 123 Å². The van der Waals surface area contributed by atoms with Crippen molar-refractivity contribution in [2.45, 2.75) is 26.3 Å². The molecule has 6 heteroatoms. The van der Waals surface area contributed by atoms with E-state index in [2.05, 4.69) is 46.6 Å². The van der Waals surface area contributed by atoms with Gasteiger partial charge in [-0.05, 0) is 26.0 Å². The van der Waals surface area contributed by atoms with Gasteiger partial charge in [0.1, 0.15) is 6.33 Å². The van der Waals surface area contributed by atoms with Gasteiger partial charge in [-0.25, -0.2) is 9.97 Å². The van der Waals surface area contributed by atoms with Crippen molar-refractivity contribution in [3.63, 3.8) is 0 Å². The highest BCUT2D eigenvalue weighted by molar-refractivity contribution is 7.11. The molecular formula is C14H20N4OS. The molecule has 0 aliphatic heterocycles. The fourth-order valence-electron chi connectivity index (χ4n) is 2.03. The quantitative estimate of drug-likeness (QED) is 0.857. The second-order valence-electron chi connectivity index (χ2n) is 4.62. The third kappa shape index (κ3) is 3.39. The summed E-state index contributed by atoms with van der Waals surface area (Å²) in [7, 11) is 3.44. The highest BCUT2D eigenvalue weighted by atomic mass is 32.1. The van der Waals surface area contributed by atoms with Crippen molar-refractivity contribution in [3.8, 4) is 5.75 Å². The Morgan fingerprint density at radius 3 is 2.65 bits per heavy atom. The molecule has 5 nitrogen and oxygen atoms in total. The van der Waals surface area contributed by atoms with Crippen LogP contribution in [0.25, 0.3) is 0 Å². The van der Waals surface area contributed by atoms with E-state index in [0.29, 0.717) is 17.4 Å². The molecule has 2 N–H and O–H groups in total. The van der Waals surface area contributed by atoms with E-state index in [1.807, 2.05) is 18.4 Å². The van der Waals surface area contributed by atoms with Crippen LogP contribution in [0.4, 0.5) is 11.6 Å². The maximum Gasteiger partial charge on any atom is 0.204 e. The van der Waals surface area contributed by atoms with Crippen molar-refractivity contribution in [3.05, 3.63) is 28.2 Å². The van der Waals surface area contributed by atoms with Gasteiger partial charge in [-0.1, -0.05) is 0 Å². The molecule has 1 unspecified atom stereocenters. The Hall–Kier alpha value is -1.82. The summed E-state index contributed by atoms with van der Waals surface area (Å²) in [5.74, 6) is 2.04. The van der Waals surface area contributed by atoms with E-state index in [4.69, 9.17) is 4.74 Å². The zero-order chi connectivity index (χ0) is 14.5. The smallest absolute Gasteiger partial charge is 0.204 e. The number of hydrogen-bond donors (Lipinski definition) is 2. The molecule has 0 spiro atoms. The number of anilines is 2. The third-order valence-corrected chi connectivity index (χ3v) is 3.95. The van der Waals surface area contributed by atoms with E-state index >= 15 is 0 Å². The molecule has 0 radical (unpaired) electrons. The van der Waals surface area contributed by atoms with Crippen LogP contribution in [-0.4, -0.2) is 30.2 Å². The fraction of sp³-hybridized carbons (Fsp3) is 0.429. The summed E-state index contributed by atoms with van der Waals surface area (Å²) in [5.41, 5.74) is 0. The molecule has 1 atom stereocenters.